The van der Waals surface area contributed by atoms with Gasteiger partial charge in [-0.25, -0.2) is 8.78 Å². The Kier molecular flexibility index (Phi) is 4.63. The highest BCUT2D eigenvalue weighted by Gasteiger charge is 2.27. The van der Waals surface area contributed by atoms with E-state index in [4.69, 9.17) is 16.9 Å². The first kappa shape index (κ1) is 15.8. The molecule has 2 rings (SSSR count). The number of halogens is 5. The third-order valence-electron chi connectivity index (χ3n) is 2.53. The number of benzene rings is 2. The van der Waals surface area contributed by atoms with Crippen LogP contribution in [0.2, 0.25) is 5.02 Å². The molecule has 2 aromatic rings. The number of nitriles is 1. The van der Waals surface area contributed by atoms with Gasteiger partial charge in [-0.3, -0.25) is 0 Å². The van der Waals surface area contributed by atoms with Crippen LogP contribution < -0.4 is 4.84 Å². The van der Waals surface area contributed by atoms with Crippen molar-refractivity contribution < 1.29 is 22.4 Å². The quantitative estimate of drug-likeness (QED) is 0.367. The monoisotopic (exact) mass is 328 g/mol. The zero-order chi connectivity index (χ0) is 16.3. The lowest BCUT2D eigenvalue weighted by atomic mass is 10.2. The maximum atomic E-state index is 13.5. The zero-order valence-corrected chi connectivity index (χ0v) is 11.3. The fourth-order valence-electron chi connectivity index (χ4n) is 1.52. The first-order valence-electron chi connectivity index (χ1n) is 5.67. The molecule has 3 nitrogen and oxygen atoms in total. The number of rotatable bonds is 3. The lowest BCUT2D eigenvalue weighted by molar-refractivity contribution is 0.287. The van der Waals surface area contributed by atoms with Gasteiger partial charge in [0.2, 0.25) is 17.4 Å². The highest BCUT2D eigenvalue weighted by Crippen LogP contribution is 2.29. The summed E-state index contributed by atoms with van der Waals surface area (Å²) >= 11 is 5.71. The highest BCUT2D eigenvalue weighted by molar-refractivity contribution is 6.30. The molecule has 0 spiro atoms. The predicted molar refractivity (Wildman–Crippen MR) is 70.7 cm³/mol. The normalized spacial score (nSPS) is 10.7. The molecular weight excluding hydrogens is 324 g/mol. The van der Waals surface area contributed by atoms with E-state index in [1.807, 2.05) is 0 Å². The maximum Gasteiger partial charge on any atom is 0.235 e. The Labute approximate surface area is 127 Å². The van der Waals surface area contributed by atoms with Gasteiger partial charge >= 0.3 is 0 Å². The van der Waals surface area contributed by atoms with Crippen molar-refractivity contribution in [2.45, 2.75) is 0 Å². The minimum atomic E-state index is -1.85. The summed E-state index contributed by atoms with van der Waals surface area (Å²) in [5.41, 5.74) is -0.941. The number of hydrogen-bond donors (Lipinski definition) is 0. The second-order valence-electron chi connectivity index (χ2n) is 3.95. The highest BCUT2D eigenvalue weighted by atomic mass is 35.5. The third-order valence-corrected chi connectivity index (χ3v) is 2.76. The molecule has 0 bridgehead atoms. The number of nitrogens with zero attached hydrogens (tertiary/aromatic N) is 2. The first-order chi connectivity index (χ1) is 10.5. The summed E-state index contributed by atoms with van der Waals surface area (Å²) in [5, 5.41) is 12.1. The molecule has 8 heteroatoms. The van der Waals surface area contributed by atoms with Crippen LogP contribution in [0.3, 0.4) is 0 Å². The molecule has 0 radical (unpaired) electrons. The van der Waals surface area contributed by atoms with Gasteiger partial charge in [-0.05, 0) is 17.7 Å². The molecule has 0 unspecified atom stereocenters. The number of hydrogen-bond acceptors (Lipinski definition) is 3. The molecule has 0 aliphatic rings. The number of oxime groups is 1. The van der Waals surface area contributed by atoms with Gasteiger partial charge < -0.3 is 4.84 Å². The summed E-state index contributed by atoms with van der Waals surface area (Å²) in [6.45, 7) is 0. The van der Waals surface area contributed by atoms with E-state index in [-0.39, 0.29) is 0 Å². The van der Waals surface area contributed by atoms with Gasteiger partial charge in [0, 0.05) is 5.02 Å². The van der Waals surface area contributed by atoms with Crippen LogP contribution in [0.25, 0.3) is 0 Å². The van der Waals surface area contributed by atoms with E-state index in [1.54, 1.807) is 18.2 Å². The van der Waals surface area contributed by atoms with Crippen molar-refractivity contribution in [1.82, 2.24) is 0 Å². The summed E-state index contributed by atoms with van der Waals surface area (Å²) in [6, 6.07) is 7.23. The molecule has 0 N–H and O–H groups in total. The molecule has 0 aromatic heterocycles. The van der Waals surface area contributed by atoms with Crippen molar-refractivity contribution in [3.63, 3.8) is 0 Å². The largest absolute Gasteiger partial charge is 0.350 e. The van der Waals surface area contributed by atoms with E-state index in [2.05, 4.69) is 9.99 Å². The molecule has 0 heterocycles. The van der Waals surface area contributed by atoms with Gasteiger partial charge in [0.25, 0.3) is 0 Å². The van der Waals surface area contributed by atoms with Crippen molar-refractivity contribution in [2.24, 2.45) is 5.16 Å². The molecule has 0 atom stereocenters. The van der Waals surface area contributed by atoms with E-state index in [0.717, 1.165) is 12.3 Å². The SMILES string of the molecule is N#Cc1c(F)c(F)c(O/N=C/c2cccc(Cl)c2)c(F)c1F. The van der Waals surface area contributed by atoms with Crippen molar-refractivity contribution >= 4 is 17.8 Å². The van der Waals surface area contributed by atoms with E-state index in [9.17, 15) is 17.6 Å². The summed E-state index contributed by atoms with van der Waals surface area (Å²) in [6.07, 6.45) is 1.04. The van der Waals surface area contributed by atoms with Crippen LogP contribution >= 0.6 is 11.6 Å². The average Bonchev–Trinajstić information content (AvgIpc) is 2.49. The molecular formula is C14H5ClF4N2O. The topological polar surface area (TPSA) is 45.4 Å². The average molecular weight is 329 g/mol. The zero-order valence-electron chi connectivity index (χ0n) is 10.6. The van der Waals surface area contributed by atoms with E-state index < -0.39 is 34.6 Å². The van der Waals surface area contributed by atoms with Gasteiger partial charge in [-0.1, -0.05) is 28.9 Å². The van der Waals surface area contributed by atoms with E-state index in [0.29, 0.717) is 10.6 Å². The lowest BCUT2D eigenvalue weighted by Crippen LogP contribution is -2.04. The fraction of sp³-hybridized carbons (Fsp3) is 0. The molecule has 0 aliphatic heterocycles. The third kappa shape index (κ3) is 3.02. The van der Waals surface area contributed by atoms with Crippen molar-refractivity contribution in [2.75, 3.05) is 0 Å². The van der Waals surface area contributed by atoms with Crippen molar-refractivity contribution in [3.8, 4) is 11.8 Å². The Bertz CT molecular complexity index is 773. The van der Waals surface area contributed by atoms with Crippen molar-refractivity contribution in [3.05, 3.63) is 63.7 Å². The molecule has 0 saturated carbocycles. The van der Waals surface area contributed by atoms with Crippen LogP contribution in [-0.4, -0.2) is 6.21 Å². The summed E-state index contributed by atoms with van der Waals surface area (Å²) in [7, 11) is 0. The smallest absolute Gasteiger partial charge is 0.235 e. The van der Waals surface area contributed by atoms with Crippen LogP contribution in [0.4, 0.5) is 17.6 Å². The Morgan fingerprint density at radius 2 is 1.73 bits per heavy atom. The van der Waals surface area contributed by atoms with E-state index in [1.165, 1.54) is 6.07 Å². The summed E-state index contributed by atoms with van der Waals surface area (Å²) in [5.74, 6) is -8.78. The van der Waals surface area contributed by atoms with Crippen LogP contribution in [-0.2, 0) is 0 Å². The van der Waals surface area contributed by atoms with E-state index >= 15 is 0 Å². The molecule has 112 valence electrons. The van der Waals surface area contributed by atoms with Gasteiger partial charge in [-0.15, -0.1) is 0 Å². The Morgan fingerprint density at radius 1 is 1.09 bits per heavy atom. The minimum Gasteiger partial charge on any atom is -0.350 e. The van der Waals surface area contributed by atoms with Gasteiger partial charge in [0.1, 0.15) is 11.6 Å². The molecule has 0 fully saturated rings. The second-order valence-corrected chi connectivity index (χ2v) is 4.39. The molecule has 0 saturated heterocycles. The van der Waals surface area contributed by atoms with Gasteiger partial charge in [0.05, 0.1) is 6.21 Å². The van der Waals surface area contributed by atoms with Gasteiger partial charge in [0.15, 0.2) is 11.6 Å². The maximum absolute atomic E-state index is 13.5. The fourth-order valence-corrected chi connectivity index (χ4v) is 1.72. The Morgan fingerprint density at radius 3 is 2.27 bits per heavy atom. The summed E-state index contributed by atoms with van der Waals surface area (Å²) in [4.78, 5) is 4.36. The lowest BCUT2D eigenvalue weighted by Gasteiger charge is -2.05. The second kappa shape index (κ2) is 6.45. The van der Waals surface area contributed by atoms with Crippen LogP contribution in [0.15, 0.2) is 29.4 Å². The molecule has 2 aromatic carbocycles. The summed E-state index contributed by atoms with van der Waals surface area (Å²) < 4.78 is 53.8. The van der Waals surface area contributed by atoms with Gasteiger partial charge in [-0.2, -0.15) is 14.0 Å². The molecule has 0 amide bonds. The van der Waals surface area contributed by atoms with Crippen LogP contribution in [0.1, 0.15) is 11.1 Å². The first-order valence-corrected chi connectivity index (χ1v) is 6.05. The Hall–Kier alpha value is -2.59. The van der Waals surface area contributed by atoms with Crippen LogP contribution in [0, 0.1) is 34.6 Å². The molecule has 22 heavy (non-hydrogen) atoms. The molecule has 0 aliphatic carbocycles. The van der Waals surface area contributed by atoms with Crippen LogP contribution in [0.5, 0.6) is 5.75 Å². The minimum absolute atomic E-state index is 0.386. The standard InChI is InChI=1S/C14H5ClF4N2O/c15-8-3-1-2-7(4-8)6-21-22-14-12(18)10(16)9(5-20)11(17)13(14)19/h1-4,6H/b21-6+. The Balaban J connectivity index is 2.33. The van der Waals surface area contributed by atoms with Crippen molar-refractivity contribution in [1.29, 1.82) is 5.26 Å². The predicted octanol–water partition coefficient (Wildman–Crippen LogP) is 4.18.